The van der Waals surface area contributed by atoms with E-state index in [1.807, 2.05) is 63.2 Å². The molecule has 0 atom stereocenters. The van der Waals surface area contributed by atoms with Crippen LogP contribution in [0, 0.1) is 5.41 Å². The molecule has 1 fully saturated rings. The number of nitrogens with one attached hydrogen (secondary N) is 1. The van der Waals surface area contributed by atoms with Gasteiger partial charge in [-0.1, -0.05) is 30.3 Å². The van der Waals surface area contributed by atoms with Crippen LogP contribution < -0.4 is 4.74 Å². The van der Waals surface area contributed by atoms with Crippen LogP contribution in [0.15, 0.2) is 54.6 Å². The number of likely N-dealkylation sites (tertiary alicyclic amines) is 1. The van der Waals surface area contributed by atoms with E-state index in [2.05, 4.69) is 12.1 Å². The largest absolute Gasteiger partial charge is 0.482 e. The van der Waals surface area contributed by atoms with E-state index in [1.165, 1.54) is 7.11 Å². The minimum atomic E-state index is -0.509. The second-order valence-corrected chi connectivity index (χ2v) is 9.30. The highest BCUT2D eigenvalue weighted by Crippen LogP contribution is 2.43. The Morgan fingerprint density at radius 3 is 2.34 bits per heavy atom. The van der Waals surface area contributed by atoms with E-state index in [1.54, 1.807) is 4.90 Å². The SMILES string of the molecule is COC(=N)c1ccc(C2=CC3(CCN(C(=O)OC(C)(C)C)CC3)Oc3ccccc32)cc1. The molecule has 0 bridgehead atoms. The topological polar surface area (TPSA) is 71.9 Å². The summed E-state index contributed by atoms with van der Waals surface area (Å²) in [4.78, 5) is 14.3. The molecule has 0 unspecified atom stereocenters. The van der Waals surface area contributed by atoms with Crippen LogP contribution in [0.2, 0.25) is 0 Å². The third kappa shape index (κ3) is 4.49. The number of carbonyl (C=O) groups excluding carboxylic acids is 1. The number of nitrogens with zero attached hydrogens (tertiary/aromatic N) is 1. The van der Waals surface area contributed by atoms with Gasteiger partial charge in [-0.2, -0.15) is 0 Å². The zero-order valence-electron chi connectivity index (χ0n) is 19.1. The van der Waals surface area contributed by atoms with Gasteiger partial charge < -0.3 is 19.1 Å². The second kappa shape index (κ2) is 8.34. The van der Waals surface area contributed by atoms with Crippen LogP contribution >= 0.6 is 0 Å². The van der Waals surface area contributed by atoms with Crippen molar-refractivity contribution in [1.82, 2.24) is 4.90 Å². The number of carbonyl (C=O) groups is 1. The third-order valence-electron chi connectivity index (χ3n) is 5.82. The van der Waals surface area contributed by atoms with Gasteiger partial charge in [-0.05, 0) is 56.2 Å². The summed E-state index contributed by atoms with van der Waals surface area (Å²) in [6, 6.07) is 15.9. The fraction of sp³-hybridized carbons (Fsp3) is 0.385. The van der Waals surface area contributed by atoms with Gasteiger partial charge in [-0.3, -0.25) is 5.41 Å². The summed E-state index contributed by atoms with van der Waals surface area (Å²) in [6.07, 6.45) is 3.31. The Morgan fingerprint density at radius 1 is 1.06 bits per heavy atom. The lowest BCUT2D eigenvalue weighted by atomic mass is 9.83. The van der Waals surface area contributed by atoms with E-state index >= 15 is 0 Å². The van der Waals surface area contributed by atoms with Gasteiger partial charge in [0.1, 0.15) is 17.0 Å². The van der Waals surface area contributed by atoms with Gasteiger partial charge in [0.2, 0.25) is 5.90 Å². The average molecular weight is 435 g/mol. The fourth-order valence-corrected chi connectivity index (χ4v) is 4.17. The maximum Gasteiger partial charge on any atom is 0.410 e. The number of benzene rings is 2. The summed E-state index contributed by atoms with van der Waals surface area (Å²) < 4.78 is 17.1. The Bertz CT molecular complexity index is 1040. The molecule has 2 aromatic carbocycles. The smallest absolute Gasteiger partial charge is 0.410 e. The lowest BCUT2D eigenvalue weighted by Crippen LogP contribution is -2.50. The van der Waals surface area contributed by atoms with Crippen molar-refractivity contribution in [2.45, 2.75) is 44.8 Å². The molecule has 1 saturated heterocycles. The van der Waals surface area contributed by atoms with Crippen LogP contribution in [-0.4, -0.2) is 48.3 Å². The van der Waals surface area contributed by atoms with Gasteiger partial charge in [0, 0.05) is 37.1 Å². The van der Waals surface area contributed by atoms with Crippen molar-refractivity contribution in [2.24, 2.45) is 0 Å². The van der Waals surface area contributed by atoms with Gasteiger partial charge in [-0.15, -0.1) is 0 Å². The van der Waals surface area contributed by atoms with E-state index in [0.717, 1.165) is 28.0 Å². The third-order valence-corrected chi connectivity index (χ3v) is 5.82. The van der Waals surface area contributed by atoms with Crippen molar-refractivity contribution in [3.63, 3.8) is 0 Å². The van der Waals surface area contributed by atoms with Crippen LogP contribution in [0.3, 0.4) is 0 Å². The first-order valence-corrected chi connectivity index (χ1v) is 10.9. The summed E-state index contributed by atoms with van der Waals surface area (Å²) in [5.41, 5.74) is 2.96. The molecular formula is C26H30N2O4. The van der Waals surface area contributed by atoms with Crippen LogP contribution in [0.5, 0.6) is 5.75 Å². The van der Waals surface area contributed by atoms with E-state index in [-0.39, 0.29) is 12.0 Å². The first-order valence-electron chi connectivity index (χ1n) is 10.9. The molecule has 2 aliphatic rings. The number of hydrogen-bond donors (Lipinski definition) is 1. The summed E-state index contributed by atoms with van der Waals surface area (Å²) >= 11 is 0. The predicted octanol–water partition coefficient (Wildman–Crippen LogP) is 5.25. The Morgan fingerprint density at radius 2 is 1.72 bits per heavy atom. The van der Waals surface area contributed by atoms with Gasteiger partial charge in [-0.25, -0.2) is 4.79 Å². The fourth-order valence-electron chi connectivity index (χ4n) is 4.17. The summed E-state index contributed by atoms with van der Waals surface area (Å²) in [6.45, 7) is 6.79. The summed E-state index contributed by atoms with van der Waals surface area (Å²) in [7, 11) is 1.50. The molecule has 0 aliphatic carbocycles. The highest BCUT2D eigenvalue weighted by Gasteiger charge is 2.40. The lowest BCUT2D eigenvalue weighted by Gasteiger charge is -2.43. The van der Waals surface area contributed by atoms with E-state index in [4.69, 9.17) is 19.6 Å². The first kappa shape index (κ1) is 21.9. The molecule has 6 heteroatoms. The standard InChI is InChI=1S/C26H30N2O4/c1-25(2,3)32-24(29)28-15-13-26(14-16-28)17-21(20-7-5-6-8-22(20)31-26)18-9-11-19(12-10-18)23(27)30-4/h5-12,17,27H,13-16H2,1-4H3. The molecule has 0 saturated carbocycles. The number of ether oxygens (including phenoxy) is 3. The van der Waals surface area contributed by atoms with Gasteiger partial charge in [0.25, 0.3) is 0 Å². The zero-order valence-corrected chi connectivity index (χ0v) is 19.1. The number of rotatable bonds is 2. The lowest BCUT2D eigenvalue weighted by molar-refractivity contribution is -0.00115. The van der Waals surface area contributed by atoms with Crippen molar-refractivity contribution < 1.29 is 19.0 Å². The average Bonchev–Trinajstić information content (AvgIpc) is 2.77. The first-order chi connectivity index (χ1) is 15.2. The van der Waals surface area contributed by atoms with Crippen molar-refractivity contribution in [2.75, 3.05) is 20.2 Å². The molecule has 168 valence electrons. The normalized spacial score (nSPS) is 17.1. The highest BCUT2D eigenvalue weighted by molar-refractivity contribution is 5.92. The minimum absolute atomic E-state index is 0.142. The van der Waals surface area contributed by atoms with Gasteiger partial charge in [0.15, 0.2) is 0 Å². The summed E-state index contributed by atoms with van der Waals surface area (Å²) in [5.74, 6) is 0.994. The molecule has 4 rings (SSSR count). The van der Waals surface area contributed by atoms with Crippen molar-refractivity contribution in [3.05, 3.63) is 71.3 Å². The molecule has 1 amide bonds. The molecule has 1 spiro atoms. The van der Waals surface area contributed by atoms with E-state index < -0.39 is 11.2 Å². The second-order valence-electron chi connectivity index (χ2n) is 9.30. The highest BCUT2D eigenvalue weighted by atomic mass is 16.6. The molecule has 6 nitrogen and oxygen atoms in total. The van der Waals surface area contributed by atoms with Crippen LogP contribution in [0.25, 0.3) is 5.57 Å². The predicted molar refractivity (Wildman–Crippen MR) is 124 cm³/mol. The quantitative estimate of drug-likeness (QED) is 0.517. The van der Waals surface area contributed by atoms with Gasteiger partial charge >= 0.3 is 6.09 Å². The van der Waals surface area contributed by atoms with Crippen LogP contribution in [0.4, 0.5) is 4.79 Å². The van der Waals surface area contributed by atoms with Crippen molar-refractivity contribution in [1.29, 1.82) is 5.41 Å². The van der Waals surface area contributed by atoms with E-state index in [9.17, 15) is 4.79 Å². The minimum Gasteiger partial charge on any atom is -0.482 e. The zero-order chi connectivity index (χ0) is 22.9. The molecule has 2 aliphatic heterocycles. The van der Waals surface area contributed by atoms with Crippen LogP contribution in [-0.2, 0) is 9.47 Å². The monoisotopic (exact) mass is 434 g/mol. The Labute approximate surface area is 189 Å². The van der Waals surface area contributed by atoms with E-state index in [0.29, 0.717) is 25.9 Å². The molecule has 2 heterocycles. The Hall–Kier alpha value is -3.28. The maximum atomic E-state index is 12.5. The molecule has 1 N–H and O–H groups in total. The van der Waals surface area contributed by atoms with Gasteiger partial charge in [0.05, 0.1) is 7.11 Å². The van der Waals surface area contributed by atoms with Crippen LogP contribution in [0.1, 0.15) is 50.3 Å². The Balaban J connectivity index is 1.61. The number of hydrogen-bond acceptors (Lipinski definition) is 5. The Kier molecular flexibility index (Phi) is 5.71. The number of para-hydroxylation sites is 1. The van der Waals surface area contributed by atoms with Crippen molar-refractivity contribution >= 4 is 17.6 Å². The molecular weight excluding hydrogens is 404 g/mol. The molecule has 2 aromatic rings. The number of fused-ring (bicyclic) bond motifs is 1. The number of methoxy groups -OCH3 is 1. The molecule has 0 aromatic heterocycles. The van der Waals surface area contributed by atoms with Crippen molar-refractivity contribution in [3.8, 4) is 5.75 Å². The maximum absolute atomic E-state index is 12.5. The molecule has 0 radical (unpaired) electrons. The number of amides is 1. The number of piperidine rings is 1. The summed E-state index contributed by atoms with van der Waals surface area (Å²) in [5, 5.41) is 7.87. The molecule has 32 heavy (non-hydrogen) atoms.